The summed E-state index contributed by atoms with van der Waals surface area (Å²) in [6.45, 7) is -3.00. The molecule has 1 aliphatic heterocycles. The second kappa shape index (κ2) is 14.1. The van der Waals surface area contributed by atoms with E-state index in [-0.39, 0.29) is 0 Å². The summed E-state index contributed by atoms with van der Waals surface area (Å²) in [6, 6.07) is 6.29. The number of hydrogen-bond acceptors (Lipinski definition) is 15. The van der Waals surface area contributed by atoms with E-state index in [1.807, 2.05) is 0 Å². The third-order valence-corrected chi connectivity index (χ3v) is 6.76. The molecule has 47 heavy (non-hydrogen) atoms. The van der Waals surface area contributed by atoms with Crippen LogP contribution in [-0.4, -0.2) is 98.0 Å². The molecule has 0 unspecified atom stereocenters. The van der Waals surface area contributed by atoms with Crippen molar-refractivity contribution in [2.75, 3.05) is 19.8 Å². The number of benzene rings is 3. The Hall–Kier alpha value is -6.52. The van der Waals surface area contributed by atoms with Crippen molar-refractivity contribution in [3.63, 3.8) is 0 Å². The number of carbonyl (C=O) groups excluding carboxylic acids is 6. The SMILES string of the molecule is O=C(N[C@H]1COC(=O)[C@@H](C(=O)c2cccc(O)c2O)COC(=O)[C@@H](NC(=O)c2cccc(O)c2O)COC1=O)c1cccc(O)c1O. The Bertz CT molecular complexity index is 1690. The summed E-state index contributed by atoms with van der Waals surface area (Å²) >= 11 is 0. The normalized spacial score (nSPS) is 18.7. The van der Waals surface area contributed by atoms with Crippen molar-refractivity contribution in [3.8, 4) is 34.5 Å². The fraction of sp³-hybridized carbons (Fsp3) is 0.200. The maximum atomic E-state index is 13.3. The van der Waals surface area contributed by atoms with Gasteiger partial charge in [0.05, 0.1) is 16.7 Å². The second-order valence-corrected chi connectivity index (χ2v) is 9.88. The molecule has 3 atom stereocenters. The fourth-order valence-electron chi connectivity index (χ4n) is 4.21. The maximum Gasteiger partial charge on any atom is 0.332 e. The Kier molecular flexibility index (Phi) is 9.98. The van der Waals surface area contributed by atoms with Crippen molar-refractivity contribution in [1.29, 1.82) is 0 Å². The molecular formula is C30H26N2O15. The Balaban J connectivity index is 1.66. The molecule has 4 rings (SSSR count). The molecule has 1 fully saturated rings. The van der Waals surface area contributed by atoms with Gasteiger partial charge in [-0.3, -0.25) is 19.2 Å². The molecule has 1 aliphatic rings. The highest BCUT2D eigenvalue weighted by Crippen LogP contribution is 2.31. The van der Waals surface area contributed by atoms with Crippen molar-refractivity contribution in [3.05, 3.63) is 71.3 Å². The number of ketones is 1. The minimum atomic E-state index is -2.01. The zero-order valence-corrected chi connectivity index (χ0v) is 23.9. The van der Waals surface area contributed by atoms with Crippen LogP contribution in [0.1, 0.15) is 31.1 Å². The van der Waals surface area contributed by atoms with Crippen LogP contribution in [0.5, 0.6) is 34.5 Å². The third kappa shape index (κ3) is 7.42. The van der Waals surface area contributed by atoms with Crippen LogP contribution in [0.15, 0.2) is 54.6 Å². The van der Waals surface area contributed by atoms with Gasteiger partial charge in [0, 0.05) is 0 Å². The van der Waals surface area contributed by atoms with Crippen LogP contribution < -0.4 is 10.6 Å². The van der Waals surface area contributed by atoms with Crippen LogP contribution in [0.3, 0.4) is 0 Å². The highest BCUT2D eigenvalue weighted by molar-refractivity contribution is 6.11. The lowest BCUT2D eigenvalue weighted by atomic mass is 9.97. The number of phenols is 6. The molecule has 1 heterocycles. The minimum Gasteiger partial charge on any atom is -0.504 e. The number of carbonyl (C=O) groups is 6. The first-order chi connectivity index (χ1) is 22.3. The van der Waals surface area contributed by atoms with Crippen LogP contribution in [-0.2, 0) is 28.6 Å². The van der Waals surface area contributed by atoms with Crippen molar-refractivity contribution in [1.82, 2.24) is 10.6 Å². The van der Waals surface area contributed by atoms with Gasteiger partial charge in [-0.1, -0.05) is 18.2 Å². The van der Waals surface area contributed by atoms with Crippen LogP contribution in [0, 0.1) is 5.92 Å². The monoisotopic (exact) mass is 654 g/mol. The summed E-state index contributed by atoms with van der Waals surface area (Å²) in [6.07, 6.45) is 0. The van der Waals surface area contributed by atoms with Gasteiger partial charge in [-0.05, 0) is 36.4 Å². The van der Waals surface area contributed by atoms with E-state index in [0.717, 1.165) is 36.4 Å². The van der Waals surface area contributed by atoms with Gasteiger partial charge < -0.3 is 55.5 Å². The van der Waals surface area contributed by atoms with Gasteiger partial charge in [0.25, 0.3) is 11.8 Å². The molecule has 246 valence electrons. The van der Waals surface area contributed by atoms with Crippen LogP contribution >= 0.6 is 0 Å². The number of nitrogens with one attached hydrogen (secondary N) is 2. The topological polar surface area (TPSA) is 276 Å². The van der Waals surface area contributed by atoms with Gasteiger partial charge in [0.1, 0.15) is 19.8 Å². The van der Waals surface area contributed by atoms with Crippen molar-refractivity contribution in [2.24, 2.45) is 5.92 Å². The van der Waals surface area contributed by atoms with Gasteiger partial charge in [-0.25, -0.2) is 9.59 Å². The number of amides is 2. The summed E-state index contributed by atoms with van der Waals surface area (Å²) in [4.78, 5) is 78.4. The van der Waals surface area contributed by atoms with Crippen molar-refractivity contribution in [2.45, 2.75) is 12.1 Å². The number of phenolic OH excluding ortho intramolecular Hbond substituents is 6. The lowest BCUT2D eigenvalue weighted by Gasteiger charge is -2.24. The molecule has 3 aromatic rings. The van der Waals surface area contributed by atoms with Gasteiger partial charge in [0.2, 0.25) is 0 Å². The zero-order valence-electron chi connectivity index (χ0n) is 23.9. The quantitative estimate of drug-likeness (QED) is 0.0569. The van der Waals surface area contributed by atoms with E-state index in [9.17, 15) is 59.4 Å². The average Bonchev–Trinajstić information content (AvgIpc) is 3.04. The average molecular weight is 655 g/mol. The number of para-hydroxylation sites is 3. The summed E-state index contributed by atoms with van der Waals surface area (Å²) in [7, 11) is 0. The summed E-state index contributed by atoms with van der Waals surface area (Å²) in [5, 5.41) is 63.9. The number of hydrogen-bond donors (Lipinski definition) is 8. The summed E-state index contributed by atoms with van der Waals surface area (Å²) < 4.78 is 15.2. The predicted molar refractivity (Wildman–Crippen MR) is 153 cm³/mol. The van der Waals surface area contributed by atoms with Gasteiger partial charge >= 0.3 is 17.9 Å². The van der Waals surface area contributed by atoms with Gasteiger partial charge in [-0.2, -0.15) is 0 Å². The smallest absolute Gasteiger partial charge is 0.332 e. The van der Waals surface area contributed by atoms with Crippen LogP contribution in [0.25, 0.3) is 0 Å². The van der Waals surface area contributed by atoms with Crippen LogP contribution in [0.2, 0.25) is 0 Å². The number of rotatable bonds is 6. The van der Waals surface area contributed by atoms with Crippen molar-refractivity contribution < 1.29 is 73.6 Å². The number of cyclic esters (lactones) is 3. The Labute approximate surface area is 263 Å². The molecule has 2 amide bonds. The van der Waals surface area contributed by atoms with E-state index in [4.69, 9.17) is 14.2 Å². The maximum absolute atomic E-state index is 13.3. The van der Waals surface area contributed by atoms with Gasteiger partial charge in [0.15, 0.2) is 58.3 Å². The molecule has 0 saturated carbocycles. The largest absolute Gasteiger partial charge is 0.504 e. The Morgan fingerprint density at radius 3 is 1.34 bits per heavy atom. The highest BCUT2D eigenvalue weighted by Gasteiger charge is 2.37. The molecule has 0 aliphatic carbocycles. The number of aromatic hydroxyl groups is 6. The molecule has 17 heteroatoms. The van der Waals surface area contributed by atoms with E-state index in [1.54, 1.807) is 0 Å². The molecule has 1 saturated heterocycles. The lowest BCUT2D eigenvalue weighted by molar-refractivity contribution is -0.161. The molecule has 0 aromatic heterocycles. The summed E-state index contributed by atoms with van der Waals surface area (Å²) in [5.74, 6) is -14.3. The zero-order chi connectivity index (χ0) is 34.4. The molecule has 0 radical (unpaired) electrons. The van der Waals surface area contributed by atoms with E-state index >= 15 is 0 Å². The van der Waals surface area contributed by atoms with E-state index in [0.29, 0.717) is 0 Å². The summed E-state index contributed by atoms with van der Waals surface area (Å²) in [5.41, 5.74) is -1.56. The number of ether oxygens (including phenoxy) is 3. The van der Waals surface area contributed by atoms with Gasteiger partial charge in [-0.15, -0.1) is 0 Å². The van der Waals surface area contributed by atoms with Crippen molar-refractivity contribution >= 4 is 35.5 Å². The predicted octanol–water partition coefficient (Wildman–Crippen LogP) is -0.0405. The van der Waals surface area contributed by atoms with E-state index < -0.39 is 125 Å². The molecule has 0 spiro atoms. The van der Waals surface area contributed by atoms with E-state index in [2.05, 4.69) is 10.6 Å². The molecule has 17 nitrogen and oxygen atoms in total. The third-order valence-electron chi connectivity index (χ3n) is 6.76. The highest BCUT2D eigenvalue weighted by atomic mass is 16.6. The molecule has 3 aromatic carbocycles. The first-order valence-electron chi connectivity index (χ1n) is 13.5. The standard InChI is InChI=1S/C30H26N2O15/c33-19-7-1-4-13(23(19)37)22(36)16-10-45-29(43)18(32-27(41)15-6-3-9-21(35)25(15)39)12-47-30(44)17(11-46-28(16)42)31-26(40)14-5-2-8-20(34)24(14)38/h1-9,16-18,33-35,37-39H,10-12H2,(H,31,40)(H,32,41)/t16-,17+,18+/m1/s1. The molecule has 8 N–H and O–H groups in total. The molecule has 0 bridgehead atoms. The lowest BCUT2D eigenvalue weighted by Crippen LogP contribution is -2.50. The number of Topliss-reactive ketones (excluding diaryl/α,β-unsaturated/α-hetero) is 1. The van der Waals surface area contributed by atoms with E-state index in [1.165, 1.54) is 18.2 Å². The second-order valence-electron chi connectivity index (χ2n) is 9.88. The van der Waals surface area contributed by atoms with Crippen LogP contribution in [0.4, 0.5) is 0 Å². The molecular weight excluding hydrogens is 628 g/mol. The first kappa shape index (κ1) is 33.4. The number of esters is 3. The Morgan fingerprint density at radius 2 is 0.894 bits per heavy atom. The minimum absolute atomic E-state index is 0.498. The first-order valence-corrected chi connectivity index (χ1v) is 13.5. The Morgan fingerprint density at radius 1 is 0.532 bits per heavy atom. The fourth-order valence-corrected chi connectivity index (χ4v) is 4.21.